The van der Waals surface area contributed by atoms with Crippen molar-refractivity contribution in [2.45, 2.75) is 43.9 Å². The number of aromatic nitrogens is 2. The van der Waals surface area contributed by atoms with Gasteiger partial charge >= 0.3 is 0 Å². The smallest absolute Gasteiger partial charge is 0.251 e. The molecule has 1 saturated carbocycles. The van der Waals surface area contributed by atoms with Gasteiger partial charge in [0, 0.05) is 22.7 Å². The van der Waals surface area contributed by atoms with Gasteiger partial charge in [-0.15, -0.1) is 0 Å². The predicted octanol–water partition coefficient (Wildman–Crippen LogP) is 4.52. The first-order valence-corrected chi connectivity index (χ1v) is 12.4. The van der Waals surface area contributed by atoms with E-state index in [4.69, 9.17) is 9.72 Å². The van der Waals surface area contributed by atoms with Gasteiger partial charge in [-0.3, -0.25) is 9.78 Å². The zero-order valence-corrected chi connectivity index (χ0v) is 20.5. The number of amides is 1. The van der Waals surface area contributed by atoms with Crippen molar-refractivity contribution in [3.8, 4) is 17.3 Å². The highest BCUT2D eigenvalue weighted by Crippen LogP contribution is 2.44. The highest BCUT2D eigenvalue weighted by atomic mass is 16.5. The lowest BCUT2D eigenvalue weighted by Gasteiger charge is -2.30. The molecule has 4 aromatic rings. The number of carbonyl (C=O) groups is 1. The molecule has 0 spiro atoms. The molecule has 0 unspecified atom stereocenters. The number of nitrogens with one attached hydrogen (secondary N) is 1. The van der Waals surface area contributed by atoms with E-state index in [0.29, 0.717) is 24.5 Å². The number of ether oxygens (including phenoxy) is 1. The first kappa shape index (κ1) is 23.3. The number of hydrogen-bond acceptors (Lipinski definition) is 6. The van der Waals surface area contributed by atoms with Gasteiger partial charge in [-0.1, -0.05) is 24.3 Å². The molecule has 1 fully saturated rings. The number of pyridine rings is 2. The summed E-state index contributed by atoms with van der Waals surface area (Å²) in [6.07, 6.45) is 3.30. The quantitative estimate of drug-likeness (QED) is 0.426. The molecule has 2 N–H and O–H groups in total. The van der Waals surface area contributed by atoms with E-state index in [1.807, 2.05) is 49.4 Å². The van der Waals surface area contributed by atoms with E-state index in [-0.39, 0.29) is 12.5 Å². The Bertz CT molecular complexity index is 1590. The number of benzene rings is 2. The maximum Gasteiger partial charge on any atom is 0.251 e. The molecule has 7 nitrogen and oxygen atoms in total. The minimum Gasteiger partial charge on any atom is -0.384 e. The largest absolute Gasteiger partial charge is 0.384 e. The second-order valence-corrected chi connectivity index (χ2v) is 10.2. The standard InChI is InChI=1S/C30H26N4O3/c1-29(17-31)18-37-16-22-8-6-20(13-25(22)29)28(35)33-15-24-12-23-11-19(5-7-21(23)14-32-24)26-3-2-4-27(34-26)30(36)9-10-30/h2-8,11-14,36H,9-10,15-16,18H2,1H3,(H,33,35)/t29-/m1/s1. The molecule has 6 rings (SSSR count). The molecule has 2 aromatic carbocycles. The van der Waals surface area contributed by atoms with Crippen LogP contribution in [0, 0.1) is 11.3 Å². The van der Waals surface area contributed by atoms with E-state index in [2.05, 4.69) is 22.4 Å². The van der Waals surface area contributed by atoms with Crippen molar-refractivity contribution in [1.29, 1.82) is 5.26 Å². The predicted molar refractivity (Wildman–Crippen MR) is 138 cm³/mol. The fraction of sp³-hybridized carbons (Fsp3) is 0.267. The Morgan fingerprint density at radius 2 is 2.00 bits per heavy atom. The Morgan fingerprint density at radius 1 is 1.14 bits per heavy atom. The number of nitriles is 1. The van der Waals surface area contributed by atoms with E-state index in [1.165, 1.54) is 0 Å². The van der Waals surface area contributed by atoms with Crippen molar-refractivity contribution in [1.82, 2.24) is 15.3 Å². The van der Waals surface area contributed by atoms with Gasteiger partial charge in [0.2, 0.25) is 0 Å². The molecule has 0 bridgehead atoms. The molecule has 1 amide bonds. The summed E-state index contributed by atoms with van der Waals surface area (Å²) in [6, 6.07) is 21.5. The molecule has 2 aromatic heterocycles. The topological polar surface area (TPSA) is 108 Å². The van der Waals surface area contributed by atoms with Gasteiger partial charge in [0.1, 0.15) is 11.0 Å². The van der Waals surface area contributed by atoms with Crippen LogP contribution in [0.3, 0.4) is 0 Å². The zero-order valence-electron chi connectivity index (χ0n) is 20.5. The normalized spacial score (nSPS) is 19.6. The highest BCUT2D eigenvalue weighted by molar-refractivity contribution is 5.94. The van der Waals surface area contributed by atoms with E-state index in [0.717, 1.165) is 51.7 Å². The van der Waals surface area contributed by atoms with Crippen LogP contribution in [0.15, 0.2) is 66.9 Å². The summed E-state index contributed by atoms with van der Waals surface area (Å²) in [6.45, 7) is 2.86. The lowest BCUT2D eigenvalue weighted by Crippen LogP contribution is -2.33. The Balaban J connectivity index is 1.21. The van der Waals surface area contributed by atoms with Crippen molar-refractivity contribution in [3.05, 3.63) is 94.9 Å². The second kappa shape index (κ2) is 8.77. The minimum atomic E-state index is -0.777. The van der Waals surface area contributed by atoms with Gasteiger partial charge in [-0.05, 0) is 72.7 Å². The van der Waals surface area contributed by atoms with Crippen LogP contribution in [0.4, 0.5) is 0 Å². The first-order valence-electron chi connectivity index (χ1n) is 12.4. The van der Waals surface area contributed by atoms with Crippen LogP contribution >= 0.6 is 0 Å². The Kier molecular flexibility index (Phi) is 5.52. The molecule has 0 radical (unpaired) electrons. The number of carbonyl (C=O) groups excluding carboxylic acids is 1. The molecule has 1 atom stereocenters. The number of hydrogen-bond donors (Lipinski definition) is 2. The van der Waals surface area contributed by atoms with E-state index < -0.39 is 11.0 Å². The number of nitrogens with zero attached hydrogens (tertiary/aromatic N) is 3. The average molecular weight is 491 g/mol. The van der Waals surface area contributed by atoms with Crippen LogP contribution in [-0.2, 0) is 28.9 Å². The summed E-state index contributed by atoms with van der Waals surface area (Å²) in [5.41, 5.74) is 3.96. The maximum atomic E-state index is 12.9. The highest BCUT2D eigenvalue weighted by Gasteiger charge is 2.43. The SMILES string of the molecule is C[C@@]1(C#N)COCc2ccc(C(=O)NCc3cc4cc(-c5cccc(C6(O)CC6)n5)ccc4cn3)cc21. The molecule has 3 heterocycles. The summed E-state index contributed by atoms with van der Waals surface area (Å²) >= 11 is 0. The van der Waals surface area contributed by atoms with Gasteiger partial charge < -0.3 is 15.2 Å². The van der Waals surface area contributed by atoms with Crippen LogP contribution in [0.2, 0.25) is 0 Å². The monoisotopic (exact) mass is 490 g/mol. The minimum absolute atomic E-state index is 0.218. The Hall–Kier alpha value is -4.12. The van der Waals surface area contributed by atoms with Crippen LogP contribution in [0.25, 0.3) is 22.0 Å². The van der Waals surface area contributed by atoms with Crippen molar-refractivity contribution in [2.75, 3.05) is 6.61 Å². The summed E-state index contributed by atoms with van der Waals surface area (Å²) in [4.78, 5) is 22.2. The van der Waals surface area contributed by atoms with Crippen molar-refractivity contribution >= 4 is 16.7 Å². The third-order valence-electron chi connectivity index (χ3n) is 7.32. The van der Waals surface area contributed by atoms with Crippen molar-refractivity contribution in [3.63, 3.8) is 0 Å². The van der Waals surface area contributed by atoms with Gasteiger partial charge in [-0.2, -0.15) is 5.26 Å². The molecule has 1 aliphatic heterocycles. The maximum absolute atomic E-state index is 12.9. The third-order valence-corrected chi connectivity index (χ3v) is 7.32. The van der Waals surface area contributed by atoms with Gasteiger partial charge in [0.05, 0.1) is 42.9 Å². The van der Waals surface area contributed by atoms with Crippen molar-refractivity contribution in [2.24, 2.45) is 0 Å². The van der Waals surface area contributed by atoms with Crippen molar-refractivity contribution < 1.29 is 14.6 Å². The number of rotatable bonds is 5. The first-order chi connectivity index (χ1) is 17.9. The van der Waals surface area contributed by atoms with Crippen LogP contribution in [0.5, 0.6) is 0 Å². The van der Waals surface area contributed by atoms with Gasteiger partial charge in [0.25, 0.3) is 5.91 Å². The van der Waals surface area contributed by atoms with Crippen LogP contribution < -0.4 is 5.32 Å². The van der Waals surface area contributed by atoms with E-state index in [9.17, 15) is 15.2 Å². The summed E-state index contributed by atoms with van der Waals surface area (Å²) in [5.74, 6) is -0.218. The molecular formula is C30H26N4O3. The third kappa shape index (κ3) is 4.35. The van der Waals surface area contributed by atoms with E-state index >= 15 is 0 Å². The molecule has 7 heteroatoms. The summed E-state index contributed by atoms with van der Waals surface area (Å²) < 4.78 is 5.56. The molecule has 184 valence electrons. The fourth-order valence-corrected chi connectivity index (χ4v) is 4.84. The summed E-state index contributed by atoms with van der Waals surface area (Å²) in [7, 11) is 0. The lowest BCUT2D eigenvalue weighted by atomic mass is 9.79. The Morgan fingerprint density at radius 3 is 2.81 bits per heavy atom. The molecular weight excluding hydrogens is 464 g/mol. The summed E-state index contributed by atoms with van der Waals surface area (Å²) in [5, 5.41) is 25.0. The molecule has 0 saturated heterocycles. The van der Waals surface area contributed by atoms with E-state index in [1.54, 1.807) is 18.3 Å². The second-order valence-electron chi connectivity index (χ2n) is 10.2. The zero-order chi connectivity index (χ0) is 25.6. The van der Waals surface area contributed by atoms with Gasteiger partial charge in [-0.25, -0.2) is 4.98 Å². The lowest BCUT2D eigenvalue weighted by molar-refractivity contribution is 0.0757. The molecule has 37 heavy (non-hydrogen) atoms. The molecule has 1 aliphatic carbocycles. The van der Waals surface area contributed by atoms with Gasteiger partial charge in [0.15, 0.2) is 0 Å². The van der Waals surface area contributed by atoms with Crippen LogP contribution in [0.1, 0.15) is 52.6 Å². The average Bonchev–Trinajstić information content (AvgIpc) is 3.70. The Labute approximate surface area is 214 Å². The fourth-order valence-electron chi connectivity index (χ4n) is 4.84. The number of fused-ring (bicyclic) bond motifs is 2. The number of aliphatic hydroxyl groups is 1. The van der Waals surface area contributed by atoms with Crippen LogP contribution in [-0.4, -0.2) is 27.6 Å². The molecule has 2 aliphatic rings.